The second-order valence-electron chi connectivity index (χ2n) is 8.02. The summed E-state index contributed by atoms with van der Waals surface area (Å²) in [5, 5.41) is 0. The minimum atomic E-state index is 1.19. The SMILES string of the molecule is CCCCCCCCCCCCCCCCN(C)C.CCN(CC)CC. The number of hydrogen-bond donors (Lipinski definition) is 0. The summed E-state index contributed by atoms with van der Waals surface area (Å²) >= 11 is 0. The Morgan fingerprint density at radius 2 is 0.731 bits per heavy atom. The van der Waals surface area contributed by atoms with E-state index in [9.17, 15) is 0 Å². The predicted molar refractivity (Wildman–Crippen MR) is 122 cm³/mol. The normalized spacial score (nSPS) is 11.1. The molecule has 0 amide bonds. The molecule has 0 atom stereocenters. The maximum atomic E-state index is 2.38. The van der Waals surface area contributed by atoms with Gasteiger partial charge in [0.25, 0.3) is 0 Å². The van der Waals surface area contributed by atoms with Gasteiger partial charge in [-0.2, -0.15) is 0 Å². The highest BCUT2D eigenvalue weighted by Crippen LogP contribution is 2.12. The van der Waals surface area contributed by atoms with Crippen molar-refractivity contribution in [2.45, 2.75) is 118 Å². The second-order valence-corrected chi connectivity index (χ2v) is 8.02. The number of unbranched alkanes of at least 4 members (excludes halogenated alkanes) is 13. The van der Waals surface area contributed by atoms with Gasteiger partial charge in [0.1, 0.15) is 0 Å². The molecule has 160 valence electrons. The van der Waals surface area contributed by atoms with Gasteiger partial charge in [0.15, 0.2) is 0 Å². The molecule has 0 heterocycles. The van der Waals surface area contributed by atoms with Gasteiger partial charge >= 0.3 is 0 Å². The smallest absolute Gasteiger partial charge is 0.00248 e. The minimum Gasteiger partial charge on any atom is -0.309 e. The van der Waals surface area contributed by atoms with Crippen LogP contribution in [-0.4, -0.2) is 50.1 Å². The Bertz CT molecular complexity index is 219. The molecule has 0 aliphatic heterocycles. The lowest BCUT2D eigenvalue weighted by Crippen LogP contribution is -2.21. The molecule has 0 N–H and O–H groups in total. The van der Waals surface area contributed by atoms with Crippen molar-refractivity contribution in [3.63, 3.8) is 0 Å². The van der Waals surface area contributed by atoms with Crippen molar-refractivity contribution < 1.29 is 0 Å². The molecule has 0 aliphatic carbocycles. The summed E-state index contributed by atoms with van der Waals surface area (Å²) in [4.78, 5) is 4.67. The molecular weight excluding hydrogens is 316 g/mol. The summed E-state index contributed by atoms with van der Waals surface area (Å²) in [6.07, 6.45) is 20.3. The summed E-state index contributed by atoms with van der Waals surface area (Å²) in [5.41, 5.74) is 0. The molecule has 0 unspecified atom stereocenters. The Hall–Kier alpha value is -0.0800. The van der Waals surface area contributed by atoms with Gasteiger partial charge in [0.2, 0.25) is 0 Å². The van der Waals surface area contributed by atoms with Gasteiger partial charge in [0, 0.05) is 0 Å². The van der Waals surface area contributed by atoms with Gasteiger partial charge in [-0.05, 0) is 46.7 Å². The van der Waals surface area contributed by atoms with Gasteiger partial charge in [-0.25, -0.2) is 0 Å². The van der Waals surface area contributed by atoms with Crippen LogP contribution in [-0.2, 0) is 0 Å². The van der Waals surface area contributed by atoms with Crippen molar-refractivity contribution >= 4 is 0 Å². The summed E-state index contributed by atoms with van der Waals surface area (Å²) in [5.74, 6) is 0. The van der Waals surface area contributed by atoms with Crippen molar-refractivity contribution in [2.24, 2.45) is 0 Å². The molecule has 0 aromatic heterocycles. The number of hydrogen-bond acceptors (Lipinski definition) is 2. The Morgan fingerprint density at radius 3 is 0.962 bits per heavy atom. The molecule has 26 heavy (non-hydrogen) atoms. The zero-order valence-corrected chi connectivity index (χ0v) is 19.6. The molecular formula is C24H54N2. The largest absolute Gasteiger partial charge is 0.309 e. The molecule has 0 radical (unpaired) electrons. The van der Waals surface area contributed by atoms with Gasteiger partial charge in [-0.15, -0.1) is 0 Å². The van der Waals surface area contributed by atoms with Crippen LogP contribution in [0.2, 0.25) is 0 Å². The van der Waals surface area contributed by atoms with E-state index in [1.807, 2.05) is 0 Å². The lowest BCUT2D eigenvalue weighted by Gasteiger charge is -2.13. The quantitative estimate of drug-likeness (QED) is 0.232. The summed E-state index contributed by atoms with van der Waals surface area (Å²) < 4.78 is 0. The van der Waals surface area contributed by atoms with Crippen molar-refractivity contribution in [3.8, 4) is 0 Å². The van der Waals surface area contributed by atoms with Crippen LogP contribution < -0.4 is 0 Å². The van der Waals surface area contributed by atoms with Crippen LogP contribution in [0.1, 0.15) is 118 Å². The van der Waals surface area contributed by atoms with E-state index in [-0.39, 0.29) is 0 Å². The molecule has 2 nitrogen and oxygen atoms in total. The van der Waals surface area contributed by atoms with Crippen LogP contribution in [0.3, 0.4) is 0 Å². The van der Waals surface area contributed by atoms with Crippen LogP contribution in [0.25, 0.3) is 0 Å². The van der Waals surface area contributed by atoms with Gasteiger partial charge in [-0.1, -0.05) is 111 Å². The average molecular weight is 371 g/mol. The summed E-state index contributed by atoms with van der Waals surface area (Å²) in [6, 6.07) is 0. The molecule has 0 bridgehead atoms. The fourth-order valence-corrected chi connectivity index (χ4v) is 3.29. The molecule has 0 saturated carbocycles. The van der Waals surface area contributed by atoms with E-state index >= 15 is 0 Å². The third-order valence-electron chi connectivity index (χ3n) is 5.30. The fraction of sp³-hybridized carbons (Fsp3) is 1.00. The maximum Gasteiger partial charge on any atom is -0.00248 e. The van der Waals surface area contributed by atoms with E-state index in [0.717, 1.165) is 0 Å². The van der Waals surface area contributed by atoms with E-state index in [0.29, 0.717) is 0 Å². The Balaban J connectivity index is 0. The Morgan fingerprint density at radius 1 is 0.423 bits per heavy atom. The Kier molecular flexibility index (Phi) is 27.0. The number of nitrogens with zero attached hydrogens (tertiary/aromatic N) is 2. The van der Waals surface area contributed by atoms with E-state index in [2.05, 4.69) is 51.6 Å². The monoisotopic (exact) mass is 370 g/mol. The Labute approximate surface area is 168 Å². The topological polar surface area (TPSA) is 6.48 Å². The first-order valence-electron chi connectivity index (χ1n) is 12.0. The maximum absolute atomic E-state index is 2.38. The van der Waals surface area contributed by atoms with Crippen LogP contribution in [0.5, 0.6) is 0 Å². The zero-order valence-electron chi connectivity index (χ0n) is 19.6. The first-order chi connectivity index (χ1) is 12.6. The van der Waals surface area contributed by atoms with Crippen molar-refractivity contribution in [1.29, 1.82) is 0 Å². The van der Waals surface area contributed by atoms with Gasteiger partial charge < -0.3 is 9.80 Å². The standard InChI is InChI=1S/C18H39N.C6H15N/c1-4-5-6-7-8-9-10-11-12-13-14-15-16-17-18-19(2)3;1-4-7(5-2)6-3/h4-18H2,1-3H3;4-6H2,1-3H3. The van der Waals surface area contributed by atoms with Crippen molar-refractivity contribution in [1.82, 2.24) is 9.80 Å². The first kappa shape index (κ1) is 28.1. The summed E-state index contributed by atoms with van der Waals surface area (Å²) in [7, 11) is 4.34. The highest BCUT2D eigenvalue weighted by molar-refractivity contribution is 4.50. The molecule has 0 aliphatic rings. The highest BCUT2D eigenvalue weighted by atomic mass is 15.1. The first-order valence-corrected chi connectivity index (χ1v) is 12.0. The van der Waals surface area contributed by atoms with Crippen LogP contribution in [0.4, 0.5) is 0 Å². The molecule has 0 saturated heterocycles. The molecule has 0 fully saturated rings. The summed E-state index contributed by atoms with van der Waals surface area (Å²) in [6.45, 7) is 13.7. The van der Waals surface area contributed by atoms with Crippen LogP contribution >= 0.6 is 0 Å². The number of rotatable bonds is 18. The van der Waals surface area contributed by atoms with E-state index in [1.165, 1.54) is 116 Å². The minimum absolute atomic E-state index is 1.19. The lowest BCUT2D eigenvalue weighted by atomic mass is 10.0. The van der Waals surface area contributed by atoms with Crippen LogP contribution in [0, 0.1) is 0 Å². The third-order valence-corrected chi connectivity index (χ3v) is 5.30. The highest BCUT2D eigenvalue weighted by Gasteiger charge is 1.94. The van der Waals surface area contributed by atoms with E-state index in [1.54, 1.807) is 0 Å². The van der Waals surface area contributed by atoms with Crippen molar-refractivity contribution in [3.05, 3.63) is 0 Å². The van der Waals surface area contributed by atoms with Gasteiger partial charge in [-0.3, -0.25) is 0 Å². The van der Waals surface area contributed by atoms with Crippen molar-refractivity contribution in [2.75, 3.05) is 40.3 Å². The molecule has 0 rings (SSSR count). The average Bonchev–Trinajstić information content (AvgIpc) is 2.64. The fourth-order valence-electron chi connectivity index (χ4n) is 3.29. The second kappa shape index (κ2) is 24.9. The molecule has 2 heteroatoms. The third kappa shape index (κ3) is 26.2. The van der Waals surface area contributed by atoms with Gasteiger partial charge in [0.05, 0.1) is 0 Å². The van der Waals surface area contributed by atoms with Crippen LogP contribution in [0.15, 0.2) is 0 Å². The predicted octanol–water partition coefficient (Wildman–Crippen LogP) is 7.38. The van der Waals surface area contributed by atoms with E-state index < -0.39 is 0 Å². The molecule has 0 aromatic carbocycles. The zero-order chi connectivity index (χ0) is 19.9. The molecule has 0 aromatic rings. The van der Waals surface area contributed by atoms with E-state index in [4.69, 9.17) is 0 Å². The molecule has 0 spiro atoms. The lowest BCUT2D eigenvalue weighted by molar-refractivity contribution is 0.321.